The predicted molar refractivity (Wildman–Crippen MR) is 59.8 cm³/mol. The second-order valence-corrected chi connectivity index (χ2v) is 4.39. The van der Waals surface area contributed by atoms with Crippen LogP contribution in [0.3, 0.4) is 0 Å². The number of hydrogen-bond acceptors (Lipinski definition) is 0. The molecule has 0 N–H and O–H groups in total. The molecular weight excluding hydrogens is 175 g/mol. The molecule has 0 saturated carbocycles. The Balaban J connectivity index is 3.46. The van der Waals surface area contributed by atoms with Gasteiger partial charge in [0.1, 0.15) is 5.82 Å². The molecule has 0 aliphatic carbocycles. The molecule has 76 valence electrons. The summed E-state index contributed by atoms with van der Waals surface area (Å²) in [6, 6.07) is 4.46. The molecule has 1 rings (SSSR count). The molecule has 0 atom stereocenters. The van der Waals surface area contributed by atoms with Gasteiger partial charge in [-0.25, -0.2) is 4.39 Å². The molecule has 0 fully saturated rings. The maximum Gasteiger partial charge on any atom is 0.127 e. The van der Waals surface area contributed by atoms with Crippen molar-refractivity contribution in [2.75, 3.05) is 0 Å². The van der Waals surface area contributed by atoms with Crippen molar-refractivity contribution in [2.45, 2.75) is 33.0 Å². The van der Waals surface area contributed by atoms with E-state index in [-0.39, 0.29) is 11.4 Å². The lowest BCUT2D eigenvalue weighted by Gasteiger charge is -2.23. The molecule has 0 saturated heterocycles. The summed E-state index contributed by atoms with van der Waals surface area (Å²) in [6.45, 7) is 6.83. The van der Waals surface area contributed by atoms with Crippen molar-refractivity contribution in [3.8, 4) is 0 Å². The first kappa shape index (κ1) is 7.22. The third-order valence-electron chi connectivity index (χ3n) is 2.09. The standard InChI is InChI=1S/C13H17F/c1-9(2)10-7-6-8-11(14)12(10)13(3,4)5/h6-8H,1H2,2-5H3/i2D3. The molecule has 1 heteroatoms. The zero-order chi connectivity index (χ0) is 13.4. The molecule has 1 aromatic rings. The Morgan fingerprint density at radius 1 is 1.43 bits per heavy atom. The van der Waals surface area contributed by atoms with Crippen LogP contribution in [-0.4, -0.2) is 0 Å². The van der Waals surface area contributed by atoms with Crippen molar-refractivity contribution in [3.05, 3.63) is 41.7 Å². The fraction of sp³-hybridized carbons (Fsp3) is 0.385. The van der Waals surface area contributed by atoms with Gasteiger partial charge in [-0.1, -0.05) is 45.1 Å². The highest BCUT2D eigenvalue weighted by atomic mass is 19.1. The molecule has 0 heterocycles. The van der Waals surface area contributed by atoms with Crippen molar-refractivity contribution < 1.29 is 8.50 Å². The quantitative estimate of drug-likeness (QED) is 0.631. The zero-order valence-corrected chi connectivity index (χ0v) is 8.82. The van der Waals surface area contributed by atoms with Gasteiger partial charge in [-0.2, -0.15) is 0 Å². The Kier molecular flexibility index (Phi) is 1.84. The Labute approximate surface area is 89.7 Å². The molecule has 0 radical (unpaired) electrons. The molecule has 14 heavy (non-hydrogen) atoms. The zero-order valence-electron chi connectivity index (χ0n) is 11.8. The van der Waals surface area contributed by atoms with Gasteiger partial charge >= 0.3 is 0 Å². The van der Waals surface area contributed by atoms with Gasteiger partial charge in [-0.05, 0) is 23.9 Å². The maximum absolute atomic E-state index is 13.9. The summed E-state index contributed by atoms with van der Waals surface area (Å²) < 4.78 is 35.9. The van der Waals surface area contributed by atoms with E-state index in [9.17, 15) is 4.39 Å². The first-order valence-corrected chi connectivity index (χ1v) is 4.54. The average molecular weight is 195 g/mol. The van der Waals surface area contributed by atoms with E-state index in [1.165, 1.54) is 12.1 Å². The van der Waals surface area contributed by atoms with Crippen molar-refractivity contribution in [3.63, 3.8) is 0 Å². The van der Waals surface area contributed by atoms with Gasteiger partial charge in [-0.3, -0.25) is 0 Å². The lowest BCUT2D eigenvalue weighted by molar-refractivity contribution is 0.521. The fourth-order valence-corrected chi connectivity index (χ4v) is 1.54. The van der Waals surface area contributed by atoms with Crippen LogP contribution in [0.5, 0.6) is 0 Å². The molecule has 0 aromatic heterocycles. The van der Waals surface area contributed by atoms with Crippen LogP contribution in [0.4, 0.5) is 4.39 Å². The van der Waals surface area contributed by atoms with Gasteiger partial charge in [-0.15, -0.1) is 0 Å². The third kappa shape index (κ3) is 2.03. The largest absolute Gasteiger partial charge is 0.207 e. The van der Waals surface area contributed by atoms with Crippen LogP contribution >= 0.6 is 0 Å². The minimum Gasteiger partial charge on any atom is -0.207 e. The smallest absolute Gasteiger partial charge is 0.127 e. The molecule has 0 aliphatic heterocycles. The SMILES string of the molecule is [2H]C([2H])([2H])C(=C)c1cccc(F)c1C(C)(C)C. The summed E-state index contributed by atoms with van der Waals surface area (Å²) >= 11 is 0. The van der Waals surface area contributed by atoms with Gasteiger partial charge in [0.05, 0.1) is 0 Å². The van der Waals surface area contributed by atoms with E-state index in [0.717, 1.165) is 0 Å². The van der Waals surface area contributed by atoms with Crippen molar-refractivity contribution in [2.24, 2.45) is 0 Å². The van der Waals surface area contributed by atoms with E-state index in [1.807, 2.05) is 20.8 Å². The summed E-state index contributed by atoms with van der Waals surface area (Å²) in [6.07, 6.45) is 0. The van der Waals surface area contributed by atoms with Crippen molar-refractivity contribution in [1.82, 2.24) is 0 Å². The second-order valence-electron chi connectivity index (χ2n) is 4.39. The summed E-state index contributed by atoms with van der Waals surface area (Å²) in [4.78, 5) is 0. The van der Waals surface area contributed by atoms with Crippen LogP contribution in [0.2, 0.25) is 0 Å². The van der Waals surface area contributed by atoms with Gasteiger partial charge in [0.2, 0.25) is 0 Å². The highest BCUT2D eigenvalue weighted by molar-refractivity contribution is 5.65. The minimum atomic E-state index is -2.30. The van der Waals surface area contributed by atoms with E-state index in [4.69, 9.17) is 4.11 Å². The third-order valence-corrected chi connectivity index (χ3v) is 2.09. The molecule has 0 spiro atoms. The van der Waals surface area contributed by atoms with Crippen LogP contribution < -0.4 is 0 Å². The summed E-state index contributed by atoms with van der Waals surface area (Å²) in [5, 5.41) is 0. The summed E-state index contributed by atoms with van der Waals surface area (Å²) in [5.41, 5.74) is 0.315. The van der Waals surface area contributed by atoms with E-state index >= 15 is 0 Å². The summed E-state index contributed by atoms with van der Waals surface area (Å²) in [7, 11) is 0. The number of benzene rings is 1. The van der Waals surface area contributed by atoms with Crippen LogP contribution in [0.15, 0.2) is 24.8 Å². The van der Waals surface area contributed by atoms with Crippen LogP contribution in [0.1, 0.15) is 42.9 Å². The molecule has 0 amide bonds. The van der Waals surface area contributed by atoms with Crippen LogP contribution in [0, 0.1) is 5.82 Å². The molecular formula is C13H17F. The predicted octanol–water partition coefficient (Wildman–Crippen LogP) is 4.16. The Bertz CT molecular complexity index is 439. The number of halogens is 1. The van der Waals surface area contributed by atoms with Gasteiger partial charge < -0.3 is 0 Å². The molecule has 0 unspecified atom stereocenters. The molecule has 1 aromatic carbocycles. The van der Waals surface area contributed by atoms with Gasteiger partial charge in [0.25, 0.3) is 0 Å². The van der Waals surface area contributed by atoms with E-state index in [1.54, 1.807) is 6.07 Å². The van der Waals surface area contributed by atoms with Crippen molar-refractivity contribution >= 4 is 5.57 Å². The van der Waals surface area contributed by atoms with E-state index in [0.29, 0.717) is 11.1 Å². The number of hydrogen-bond donors (Lipinski definition) is 0. The lowest BCUT2D eigenvalue weighted by atomic mass is 9.82. The Hall–Kier alpha value is -1.11. The summed E-state index contributed by atoms with van der Waals surface area (Å²) in [5.74, 6) is -0.389. The molecule has 0 bridgehead atoms. The second kappa shape index (κ2) is 3.56. The monoisotopic (exact) mass is 195 g/mol. The fourth-order valence-electron chi connectivity index (χ4n) is 1.54. The maximum atomic E-state index is 13.9. The first-order valence-electron chi connectivity index (χ1n) is 6.04. The van der Waals surface area contributed by atoms with E-state index in [2.05, 4.69) is 6.58 Å². The minimum absolute atomic E-state index is 0.0121. The highest BCUT2D eigenvalue weighted by Crippen LogP contribution is 2.31. The number of rotatable bonds is 1. The van der Waals surface area contributed by atoms with Crippen LogP contribution in [-0.2, 0) is 5.41 Å². The van der Waals surface area contributed by atoms with Gasteiger partial charge in [0, 0.05) is 9.68 Å². The van der Waals surface area contributed by atoms with Crippen molar-refractivity contribution in [1.29, 1.82) is 0 Å². The van der Waals surface area contributed by atoms with Crippen LogP contribution in [0.25, 0.3) is 5.57 Å². The first-order chi connectivity index (χ1) is 7.55. The Morgan fingerprint density at radius 3 is 2.57 bits per heavy atom. The topological polar surface area (TPSA) is 0 Å². The Morgan fingerprint density at radius 2 is 2.07 bits per heavy atom. The van der Waals surface area contributed by atoms with Gasteiger partial charge in [0.15, 0.2) is 0 Å². The molecule has 0 aliphatic rings. The normalized spacial score (nSPS) is 15.6. The average Bonchev–Trinajstić information content (AvgIpc) is 2.12. The van der Waals surface area contributed by atoms with E-state index < -0.39 is 12.3 Å². The molecule has 0 nitrogen and oxygen atoms in total. The highest BCUT2D eigenvalue weighted by Gasteiger charge is 2.21. The number of allylic oxidation sites excluding steroid dienone is 1. The lowest BCUT2D eigenvalue weighted by Crippen LogP contribution is -2.16.